The number of imidazole rings is 1. The quantitative estimate of drug-likeness (QED) is 0.251. The number of fused-ring (bicyclic) bond motifs is 1. The van der Waals surface area contributed by atoms with Crippen molar-refractivity contribution < 1.29 is 5.11 Å². The van der Waals surface area contributed by atoms with Gasteiger partial charge in [0.15, 0.2) is 11.5 Å². The van der Waals surface area contributed by atoms with Gasteiger partial charge in [-0.05, 0) is 18.2 Å². The van der Waals surface area contributed by atoms with E-state index in [4.69, 9.17) is 5.73 Å². The van der Waals surface area contributed by atoms with Crippen LogP contribution >= 0.6 is 0 Å². The summed E-state index contributed by atoms with van der Waals surface area (Å²) in [6, 6.07) is 4.47. The van der Waals surface area contributed by atoms with E-state index in [-0.39, 0.29) is 22.9 Å². The van der Waals surface area contributed by atoms with Crippen molar-refractivity contribution in [1.29, 1.82) is 0 Å². The maximum absolute atomic E-state index is 11.7. The highest BCUT2D eigenvalue weighted by Crippen LogP contribution is 2.29. The molecule has 3 heterocycles. The molecule has 0 atom stereocenters. The average Bonchev–Trinajstić information content (AvgIpc) is 3.23. The second-order valence-electron chi connectivity index (χ2n) is 5.08. The minimum absolute atomic E-state index is 0.0478. The van der Waals surface area contributed by atoms with Gasteiger partial charge in [-0.15, -0.1) is 15.3 Å². The summed E-state index contributed by atoms with van der Waals surface area (Å²) in [7, 11) is 0. The van der Waals surface area contributed by atoms with Gasteiger partial charge in [-0.3, -0.25) is 4.79 Å². The number of nitrogens with zero attached hydrogens (tertiary/aromatic N) is 6. The molecule has 0 unspecified atom stereocenters. The molecule has 0 spiro atoms. The minimum Gasteiger partial charge on any atom is -0.506 e. The number of aromatic nitrogens is 6. The highest BCUT2D eigenvalue weighted by Gasteiger charge is 2.09. The lowest BCUT2D eigenvalue weighted by atomic mass is 10.3. The van der Waals surface area contributed by atoms with E-state index >= 15 is 0 Å². The molecule has 4 rings (SSSR count). The fourth-order valence-electron chi connectivity index (χ4n) is 2.16. The fraction of sp³-hybridized carbons (Fsp3) is 0. The molecule has 3 aromatic heterocycles. The number of hydrogen-bond acceptors (Lipinski definition) is 8. The van der Waals surface area contributed by atoms with E-state index in [1.807, 2.05) is 0 Å². The number of azo groups is 1. The van der Waals surface area contributed by atoms with Crippen LogP contribution < -0.4 is 11.3 Å². The molecule has 0 amide bonds. The van der Waals surface area contributed by atoms with Gasteiger partial charge < -0.3 is 20.8 Å². The largest absolute Gasteiger partial charge is 0.506 e. The molecule has 11 heteroatoms. The summed E-state index contributed by atoms with van der Waals surface area (Å²) in [5.41, 5.74) is 6.34. The number of nitrogens with two attached hydrogens (primary N) is 1. The van der Waals surface area contributed by atoms with Crippen molar-refractivity contribution in [2.24, 2.45) is 10.2 Å². The minimum atomic E-state index is -0.284. The molecule has 0 aliphatic rings. The van der Waals surface area contributed by atoms with Gasteiger partial charge in [0, 0.05) is 11.9 Å². The molecule has 1 aromatic carbocycles. The number of aromatic hydroxyl groups is 1. The van der Waals surface area contributed by atoms with E-state index in [9.17, 15) is 9.90 Å². The van der Waals surface area contributed by atoms with E-state index in [1.54, 1.807) is 6.07 Å². The van der Waals surface area contributed by atoms with E-state index < -0.39 is 0 Å². The Morgan fingerprint density at radius 2 is 2.12 bits per heavy atom. The third kappa shape index (κ3) is 2.69. The van der Waals surface area contributed by atoms with E-state index in [0.29, 0.717) is 22.5 Å². The van der Waals surface area contributed by atoms with Crippen LogP contribution in [0, 0.1) is 0 Å². The number of nitrogen functional groups attached to an aromatic ring is 1. The summed E-state index contributed by atoms with van der Waals surface area (Å²) < 4.78 is 1.43. The zero-order valence-corrected chi connectivity index (χ0v) is 12.6. The highest BCUT2D eigenvalue weighted by atomic mass is 16.3. The number of phenolic OH excluding ortho intramolecular Hbond substituents is 1. The van der Waals surface area contributed by atoms with Crippen LogP contribution in [0.2, 0.25) is 0 Å². The summed E-state index contributed by atoms with van der Waals surface area (Å²) in [4.78, 5) is 25.1. The van der Waals surface area contributed by atoms with Crippen LogP contribution in [0.5, 0.6) is 5.75 Å². The third-order valence-corrected chi connectivity index (χ3v) is 3.37. The zero-order valence-electron chi connectivity index (χ0n) is 12.6. The number of benzene rings is 1. The van der Waals surface area contributed by atoms with E-state index in [2.05, 4.69) is 35.3 Å². The lowest BCUT2D eigenvalue weighted by Gasteiger charge is -1.98. The lowest BCUT2D eigenvalue weighted by Crippen LogP contribution is -2.04. The van der Waals surface area contributed by atoms with Crippen molar-refractivity contribution in [2.75, 3.05) is 5.73 Å². The van der Waals surface area contributed by atoms with Crippen molar-refractivity contribution >= 4 is 28.4 Å². The number of aromatic amines is 2. The molecule has 0 radical (unpaired) electrons. The summed E-state index contributed by atoms with van der Waals surface area (Å²) in [6.07, 6.45) is 4.29. The molecular weight excluding hydrogens is 326 g/mol. The van der Waals surface area contributed by atoms with Crippen molar-refractivity contribution in [3.05, 3.63) is 47.3 Å². The number of phenols is 1. The molecule has 0 saturated heterocycles. The van der Waals surface area contributed by atoms with Crippen LogP contribution in [-0.2, 0) is 0 Å². The van der Waals surface area contributed by atoms with Gasteiger partial charge in [-0.1, -0.05) is 0 Å². The molecule has 11 nitrogen and oxygen atoms in total. The standard InChI is InChI=1S/C14H11N9O2/c15-7-1-2-10(24)9(3-7)20-21-14-16-4-11(19-14)23-5-8-12(22-23)17-6-18-13(8)25/h1-6,24H,15H2,(H,16,19)(H,17,18,22,25). The zero-order chi connectivity index (χ0) is 17.4. The molecule has 0 fully saturated rings. The van der Waals surface area contributed by atoms with Crippen LogP contribution in [-0.4, -0.2) is 34.8 Å². The van der Waals surface area contributed by atoms with Crippen LogP contribution in [0.3, 0.4) is 0 Å². The maximum Gasteiger partial charge on any atom is 0.261 e. The number of anilines is 1. The van der Waals surface area contributed by atoms with Crippen molar-refractivity contribution in [3.63, 3.8) is 0 Å². The molecule has 0 saturated carbocycles. The predicted octanol–water partition coefficient (Wildman–Crippen LogP) is 1.54. The second kappa shape index (κ2) is 5.56. The SMILES string of the molecule is Nc1ccc(O)c(N=Nc2ncc(-n3cc4c(=O)[nH]cnc4n3)[nH]2)c1. The summed E-state index contributed by atoms with van der Waals surface area (Å²) >= 11 is 0. The molecule has 124 valence electrons. The number of nitrogens with one attached hydrogen (secondary N) is 2. The van der Waals surface area contributed by atoms with Gasteiger partial charge in [-0.25, -0.2) is 14.6 Å². The summed E-state index contributed by atoms with van der Waals surface area (Å²) in [5, 5.41) is 22.1. The topological polar surface area (TPSA) is 163 Å². The van der Waals surface area contributed by atoms with Gasteiger partial charge >= 0.3 is 0 Å². The van der Waals surface area contributed by atoms with Gasteiger partial charge in [0.25, 0.3) is 5.56 Å². The summed E-state index contributed by atoms with van der Waals surface area (Å²) in [5.74, 6) is 0.620. The molecular formula is C14H11N9O2. The molecule has 0 aliphatic heterocycles. The van der Waals surface area contributed by atoms with Crippen LogP contribution in [0.25, 0.3) is 16.9 Å². The Morgan fingerprint density at radius 1 is 1.24 bits per heavy atom. The van der Waals surface area contributed by atoms with Gasteiger partial charge in [0.1, 0.15) is 16.8 Å². The monoisotopic (exact) mass is 337 g/mol. The third-order valence-electron chi connectivity index (χ3n) is 3.37. The molecule has 0 aliphatic carbocycles. The first kappa shape index (κ1) is 14.6. The summed E-state index contributed by atoms with van der Waals surface area (Å²) in [6.45, 7) is 0. The fourth-order valence-corrected chi connectivity index (χ4v) is 2.16. The Labute approximate surface area is 138 Å². The van der Waals surface area contributed by atoms with Gasteiger partial charge in [0.2, 0.25) is 5.95 Å². The average molecular weight is 337 g/mol. The first-order valence-electron chi connectivity index (χ1n) is 7.09. The number of rotatable bonds is 3. The molecule has 5 N–H and O–H groups in total. The van der Waals surface area contributed by atoms with Crippen molar-refractivity contribution in [1.82, 2.24) is 29.7 Å². The molecule has 4 aromatic rings. The maximum atomic E-state index is 11.7. The Bertz CT molecular complexity index is 1150. The van der Waals surface area contributed by atoms with Gasteiger partial charge in [-0.2, -0.15) is 0 Å². The first-order valence-corrected chi connectivity index (χ1v) is 7.09. The Balaban J connectivity index is 1.65. The van der Waals surface area contributed by atoms with Crippen molar-refractivity contribution in [2.45, 2.75) is 0 Å². The van der Waals surface area contributed by atoms with Gasteiger partial charge in [0.05, 0.1) is 12.5 Å². The lowest BCUT2D eigenvalue weighted by molar-refractivity contribution is 0.476. The van der Waals surface area contributed by atoms with Crippen LogP contribution in [0.15, 0.2) is 51.9 Å². The number of hydrogen-bond donors (Lipinski definition) is 4. The normalized spacial score (nSPS) is 11.5. The van der Waals surface area contributed by atoms with Crippen LogP contribution in [0.4, 0.5) is 17.3 Å². The van der Waals surface area contributed by atoms with Crippen molar-refractivity contribution in [3.8, 4) is 11.6 Å². The van der Waals surface area contributed by atoms with Crippen LogP contribution in [0.1, 0.15) is 0 Å². The predicted molar refractivity (Wildman–Crippen MR) is 88.3 cm³/mol. The molecule has 25 heavy (non-hydrogen) atoms. The molecule has 0 bridgehead atoms. The Morgan fingerprint density at radius 3 is 2.96 bits per heavy atom. The Hall–Kier alpha value is -4.02. The Kier molecular flexibility index (Phi) is 3.24. The number of H-pyrrole nitrogens is 2. The van der Waals surface area contributed by atoms with E-state index in [1.165, 1.54) is 35.5 Å². The second-order valence-corrected chi connectivity index (χ2v) is 5.08. The first-order chi connectivity index (χ1) is 12.1. The van der Waals surface area contributed by atoms with E-state index in [0.717, 1.165) is 0 Å². The highest BCUT2D eigenvalue weighted by molar-refractivity contribution is 5.72. The smallest absolute Gasteiger partial charge is 0.261 e.